The van der Waals surface area contributed by atoms with Crippen molar-refractivity contribution < 1.29 is 27.5 Å². The minimum Gasteiger partial charge on any atom is -0.497 e. The van der Waals surface area contributed by atoms with Crippen LogP contribution in [-0.4, -0.2) is 64.2 Å². The second kappa shape index (κ2) is 15.0. The molecule has 236 valence electrons. The Morgan fingerprint density at radius 3 is 2.30 bits per heavy atom. The summed E-state index contributed by atoms with van der Waals surface area (Å²) in [6, 6.07) is 18.0. The van der Waals surface area contributed by atoms with Crippen molar-refractivity contribution in [2.45, 2.75) is 50.7 Å². The molecule has 0 aliphatic heterocycles. The lowest BCUT2D eigenvalue weighted by Gasteiger charge is -2.34. The summed E-state index contributed by atoms with van der Waals surface area (Å²) < 4.78 is 38.0. The third-order valence-corrected chi connectivity index (χ3v) is 9.38. The van der Waals surface area contributed by atoms with Crippen molar-refractivity contribution in [3.05, 3.63) is 87.9 Å². The standard InChI is InChI=1S/C32H37Cl2N3O6S/c1-42-26-15-16-28(30(19-26)43-2)37(44(3,40)41)21-31(38)36(20-23-13-14-24(33)18-27(23)34)29(17-22-9-5-4-6-10-22)32(39)35-25-11-7-8-12-25/h4-6,9-10,13-16,18-19,25,29H,7-8,11-12,17,20-21H2,1-3H3,(H,35,39). The molecule has 0 radical (unpaired) electrons. The molecule has 0 saturated heterocycles. The molecule has 1 atom stereocenters. The van der Waals surface area contributed by atoms with Crippen LogP contribution < -0.4 is 19.1 Å². The number of nitrogens with one attached hydrogen (secondary N) is 1. The highest BCUT2D eigenvalue weighted by Crippen LogP contribution is 2.34. The van der Waals surface area contributed by atoms with Gasteiger partial charge >= 0.3 is 0 Å². The Balaban J connectivity index is 1.77. The number of nitrogens with zero attached hydrogens (tertiary/aromatic N) is 2. The van der Waals surface area contributed by atoms with Crippen molar-refractivity contribution >= 4 is 50.7 Å². The number of halogens is 2. The van der Waals surface area contributed by atoms with Crippen LogP contribution in [0.1, 0.15) is 36.8 Å². The molecule has 0 bridgehead atoms. The normalized spacial score (nSPS) is 14.1. The van der Waals surface area contributed by atoms with E-state index in [1.54, 1.807) is 24.3 Å². The number of benzene rings is 3. The van der Waals surface area contributed by atoms with Crippen molar-refractivity contribution in [3.63, 3.8) is 0 Å². The number of carbonyl (C=O) groups is 2. The maximum atomic E-state index is 14.4. The van der Waals surface area contributed by atoms with E-state index in [1.807, 2.05) is 30.3 Å². The van der Waals surface area contributed by atoms with E-state index in [0.717, 1.165) is 41.8 Å². The highest BCUT2D eigenvalue weighted by Gasteiger charge is 2.35. The molecule has 1 aliphatic rings. The number of carbonyl (C=O) groups excluding carboxylic acids is 2. The largest absolute Gasteiger partial charge is 0.497 e. The third-order valence-electron chi connectivity index (χ3n) is 7.66. The molecule has 2 amide bonds. The Bertz CT molecular complexity index is 1570. The Morgan fingerprint density at radius 1 is 0.977 bits per heavy atom. The summed E-state index contributed by atoms with van der Waals surface area (Å²) >= 11 is 12.7. The fourth-order valence-electron chi connectivity index (χ4n) is 5.34. The Morgan fingerprint density at radius 2 is 1.68 bits per heavy atom. The fourth-order valence-corrected chi connectivity index (χ4v) is 6.66. The number of hydrogen-bond donors (Lipinski definition) is 1. The van der Waals surface area contributed by atoms with Crippen LogP contribution in [0.5, 0.6) is 11.5 Å². The van der Waals surface area contributed by atoms with Crippen LogP contribution >= 0.6 is 23.2 Å². The van der Waals surface area contributed by atoms with Crippen LogP contribution in [-0.2, 0) is 32.6 Å². The van der Waals surface area contributed by atoms with Crippen LogP contribution in [0, 0.1) is 0 Å². The molecule has 44 heavy (non-hydrogen) atoms. The number of ether oxygens (including phenoxy) is 2. The molecule has 1 fully saturated rings. The predicted octanol–water partition coefficient (Wildman–Crippen LogP) is 5.48. The van der Waals surface area contributed by atoms with E-state index >= 15 is 0 Å². The van der Waals surface area contributed by atoms with E-state index in [-0.39, 0.29) is 36.4 Å². The highest BCUT2D eigenvalue weighted by molar-refractivity contribution is 7.92. The summed E-state index contributed by atoms with van der Waals surface area (Å²) in [6.07, 6.45) is 4.98. The van der Waals surface area contributed by atoms with Gasteiger partial charge in [-0.05, 0) is 48.2 Å². The molecular formula is C32H37Cl2N3O6S. The van der Waals surface area contributed by atoms with Gasteiger partial charge in [-0.3, -0.25) is 13.9 Å². The van der Waals surface area contributed by atoms with Gasteiger partial charge in [-0.1, -0.05) is 72.4 Å². The Hall–Kier alpha value is -3.47. The number of sulfonamides is 1. The minimum absolute atomic E-state index is 0.00734. The lowest BCUT2D eigenvalue weighted by Crippen LogP contribution is -2.54. The van der Waals surface area contributed by atoms with Crippen molar-refractivity contribution in [1.82, 2.24) is 10.2 Å². The lowest BCUT2D eigenvalue weighted by atomic mass is 10.0. The smallest absolute Gasteiger partial charge is 0.244 e. The summed E-state index contributed by atoms with van der Waals surface area (Å²) in [7, 11) is -1.10. The number of anilines is 1. The van der Waals surface area contributed by atoms with Crippen LogP contribution in [0.2, 0.25) is 10.0 Å². The van der Waals surface area contributed by atoms with Gasteiger partial charge in [-0.25, -0.2) is 8.42 Å². The summed E-state index contributed by atoms with van der Waals surface area (Å²) in [5.41, 5.74) is 1.56. The molecule has 0 spiro atoms. The number of hydrogen-bond acceptors (Lipinski definition) is 6. The van der Waals surface area contributed by atoms with Gasteiger partial charge in [0, 0.05) is 35.1 Å². The maximum absolute atomic E-state index is 14.4. The SMILES string of the molecule is COc1ccc(N(CC(=O)N(Cc2ccc(Cl)cc2Cl)C(Cc2ccccc2)C(=O)NC2CCCC2)S(C)(=O)=O)c(OC)c1. The highest BCUT2D eigenvalue weighted by atomic mass is 35.5. The molecule has 0 heterocycles. The monoisotopic (exact) mass is 661 g/mol. The molecule has 1 unspecified atom stereocenters. The van der Waals surface area contributed by atoms with Gasteiger partial charge < -0.3 is 19.7 Å². The molecule has 0 aromatic heterocycles. The average molecular weight is 663 g/mol. The summed E-state index contributed by atoms with van der Waals surface area (Å²) in [5.74, 6) is -0.250. The molecule has 3 aromatic carbocycles. The lowest BCUT2D eigenvalue weighted by molar-refractivity contribution is -0.140. The first-order valence-corrected chi connectivity index (χ1v) is 16.9. The van der Waals surface area contributed by atoms with E-state index in [9.17, 15) is 18.0 Å². The van der Waals surface area contributed by atoms with Gasteiger partial charge in [0.05, 0.1) is 26.2 Å². The van der Waals surface area contributed by atoms with Gasteiger partial charge in [0.2, 0.25) is 21.8 Å². The second-order valence-electron chi connectivity index (χ2n) is 10.8. The number of amides is 2. The van der Waals surface area contributed by atoms with Crippen molar-refractivity contribution in [3.8, 4) is 11.5 Å². The molecule has 1 aliphatic carbocycles. The zero-order chi connectivity index (χ0) is 31.9. The molecule has 1 saturated carbocycles. The Labute approximate surface area is 269 Å². The quantitative estimate of drug-likeness (QED) is 0.260. The van der Waals surface area contributed by atoms with Gasteiger partial charge in [0.15, 0.2) is 0 Å². The molecule has 12 heteroatoms. The van der Waals surface area contributed by atoms with Crippen LogP contribution in [0.3, 0.4) is 0 Å². The average Bonchev–Trinajstić information content (AvgIpc) is 3.51. The third kappa shape index (κ3) is 8.58. The number of methoxy groups -OCH3 is 2. The van der Waals surface area contributed by atoms with Gasteiger partial charge in [0.1, 0.15) is 24.1 Å². The van der Waals surface area contributed by atoms with Crippen molar-refractivity contribution in [1.29, 1.82) is 0 Å². The number of rotatable bonds is 13. The zero-order valence-corrected chi connectivity index (χ0v) is 27.3. The summed E-state index contributed by atoms with van der Waals surface area (Å²) in [4.78, 5) is 29.7. The first kappa shape index (κ1) is 33.4. The summed E-state index contributed by atoms with van der Waals surface area (Å²) in [6.45, 7) is -0.642. The molecule has 1 N–H and O–H groups in total. The minimum atomic E-state index is -3.99. The van der Waals surface area contributed by atoms with Gasteiger partial charge in [0.25, 0.3) is 0 Å². The van der Waals surface area contributed by atoms with E-state index in [4.69, 9.17) is 32.7 Å². The molecule has 9 nitrogen and oxygen atoms in total. The van der Waals surface area contributed by atoms with Crippen molar-refractivity contribution in [2.75, 3.05) is 31.3 Å². The van der Waals surface area contributed by atoms with Gasteiger partial charge in [-0.15, -0.1) is 0 Å². The van der Waals surface area contributed by atoms with Crippen LogP contribution in [0.15, 0.2) is 66.7 Å². The zero-order valence-electron chi connectivity index (χ0n) is 25.0. The van der Waals surface area contributed by atoms with Crippen LogP contribution in [0.4, 0.5) is 5.69 Å². The van der Waals surface area contributed by atoms with Crippen molar-refractivity contribution in [2.24, 2.45) is 0 Å². The molecular weight excluding hydrogens is 625 g/mol. The topological polar surface area (TPSA) is 105 Å². The van der Waals surface area contributed by atoms with E-state index < -0.39 is 28.5 Å². The molecule has 3 aromatic rings. The van der Waals surface area contributed by atoms with E-state index in [1.165, 1.54) is 31.3 Å². The van der Waals surface area contributed by atoms with Gasteiger partial charge in [-0.2, -0.15) is 0 Å². The predicted molar refractivity (Wildman–Crippen MR) is 173 cm³/mol. The second-order valence-corrected chi connectivity index (χ2v) is 13.5. The Kier molecular flexibility index (Phi) is 11.4. The van der Waals surface area contributed by atoms with Crippen LogP contribution in [0.25, 0.3) is 0 Å². The fraction of sp³-hybridized carbons (Fsp3) is 0.375. The molecule has 4 rings (SSSR count). The van der Waals surface area contributed by atoms with E-state index in [2.05, 4.69) is 5.32 Å². The first-order valence-electron chi connectivity index (χ1n) is 14.3. The first-order chi connectivity index (χ1) is 21.0. The van der Waals surface area contributed by atoms with E-state index in [0.29, 0.717) is 21.4 Å². The maximum Gasteiger partial charge on any atom is 0.244 e. The summed E-state index contributed by atoms with van der Waals surface area (Å²) in [5, 5.41) is 3.88.